The second kappa shape index (κ2) is 4.28. The van der Waals surface area contributed by atoms with Crippen molar-refractivity contribution in [3.8, 4) is 0 Å². The van der Waals surface area contributed by atoms with Gasteiger partial charge < -0.3 is 4.74 Å². The quantitative estimate of drug-likeness (QED) is 0.613. The number of benzene rings is 1. The van der Waals surface area contributed by atoms with E-state index in [0.29, 0.717) is 16.8 Å². The summed E-state index contributed by atoms with van der Waals surface area (Å²) in [6.07, 6.45) is 0. The monoisotopic (exact) mass is 285 g/mol. The molecule has 2 heterocycles. The number of esters is 1. The van der Waals surface area contributed by atoms with Gasteiger partial charge in [0.2, 0.25) is 0 Å². The van der Waals surface area contributed by atoms with Crippen LogP contribution in [0.15, 0.2) is 29.8 Å². The Morgan fingerprint density at radius 1 is 1.19 bits per heavy atom. The van der Waals surface area contributed by atoms with E-state index in [4.69, 9.17) is 4.74 Å². The number of rotatable bonds is 2. The van der Waals surface area contributed by atoms with Crippen LogP contribution in [0, 0.1) is 0 Å². The van der Waals surface area contributed by atoms with Gasteiger partial charge in [-0.15, -0.1) is 0 Å². The first-order chi connectivity index (χ1) is 9.91. The van der Waals surface area contributed by atoms with Crippen LogP contribution in [-0.2, 0) is 14.3 Å². The molecule has 0 radical (unpaired) electrons. The molecule has 21 heavy (non-hydrogen) atoms. The molecule has 0 spiro atoms. The average molecular weight is 285 g/mol. The van der Waals surface area contributed by atoms with Crippen molar-refractivity contribution in [2.24, 2.45) is 0 Å². The van der Waals surface area contributed by atoms with Crippen LogP contribution in [0.3, 0.4) is 0 Å². The lowest BCUT2D eigenvalue weighted by Gasteiger charge is -2.28. The third-order valence-electron chi connectivity index (χ3n) is 3.90. The first-order valence-electron chi connectivity index (χ1n) is 6.81. The van der Waals surface area contributed by atoms with Crippen molar-refractivity contribution in [1.82, 2.24) is 4.90 Å². The molecule has 5 heteroatoms. The molecule has 0 unspecified atom stereocenters. The average Bonchev–Trinajstić information content (AvgIpc) is 2.84. The second-order valence-electron chi connectivity index (χ2n) is 5.52. The van der Waals surface area contributed by atoms with Gasteiger partial charge in [0.15, 0.2) is 5.78 Å². The molecule has 1 aromatic carbocycles. The Bertz CT molecular complexity index is 715. The first kappa shape index (κ1) is 13.5. The molecule has 0 fully saturated rings. The largest absolute Gasteiger partial charge is 0.462 e. The van der Waals surface area contributed by atoms with Crippen LogP contribution in [0.1, 0.15) is 36.7 Å². The van der Waals surface area contributed by atoms with E-state index in [2.05, 4.69) is 0 Å². The fraction of sp³-hybridized carbons (Fsp3) is 0.312. The standard InChI is InChI=1S/C16H15NO4/c1-4-21-15(20)11-12-9-7-5-6-8-10(9)14(19)17(12)16(2,3)13(11)18/h5-8H,4H2,1-3H3. The molecule has 0 atom stereocenters. The highest BCUT2D eigenvalue weighted by molar-refractivity contribution is 6.33. The molecule has 2 aliphatic heterocycles. The minimum atomic E-state index is -1.08. The molecule has 1 aromatic rings. The summed E-state index contributed by atoms with van der Waals surface area (Å²) in [6.45, 7) is 5.15. The molecular weight excluding hydrogens is 270 g/mol. The third-order valence-corrected chi connectivity index (χ3v) is 3.90. The number of hydrogen-bond acceptors (Lipinski definition) is 4. The van der Waals surface area contributed by atoms with Crippen LogP contribution in [0.2, 0.25) is 0 Å². The summed E-state index contributed by atoms with van der Waals surface area (Å²) < 4.78 is 4.99. The van der Waals surface area contributed by atoms with Crippen molar-refractivity contribution in [2.45, 2.75) is 26.3 Å². The van der Waals surface area contributed by atoms with Gasteiger partial charge in [-0.05, 0) is 26.8 Å². The van der Waals surface area contributed by atoms with Crippen LogP contribution < -0.4 is 0 Å². The van der Waals surface area contributed by atoms with Gasteiger partial charge in [0.25, 0.3) is 5.91 Å². The summed E-state index contributed by atoms with van der Waals surface area (Å²) in [4.78, 5) is 38.7. The Morgan fingerprint density at radius 2 is 1.81 bits per heavy atom. The molecule has 3 rings (SSSR count). The lowest BCUT2D eigenvalue weighted by molar-refractivity contribution is -0.140. The number of nitrogens with zero attached hydrogens (tertiary/aromatic N) is 1. The van der Waals surface area contributed by atoms with Gasteiger partial charge in [-0.2, -0.15) is 0 Å². The van der Waals surface area contributed by atoms with Crippen LogP contribution in [0.25, 0.3) is 5.70 Å². The number of carbonyl (C=O) groups excluding carboxylic acids is 3. The number of Topliss-reactive ketones (excluding diaryl/α,β-unsaturated/α-hetero) is 1. The molecule has 2 aliphatic rings. The molecule has 0 aliphatic carbocycles. The zero-order valence-corrected chi connectivity index (χ0v) is 12.1. The number of ether oxygens (including phenoxy) is 1. The molecular formula is C16H15NO4. The van der Waals surface area contributed by atoms with Gasteiger partial charge in [-0.25, -0.2) is 4.79 Å². The molecule has 0 saturated heterocycles. The Labute approximate surface area is 122 Å². The van der Waals surface area contributed by atoms with E-state index < -0.39 is 11.5 Å². The molecule has 108 valence electrons. The number of ketones is 1. The lowest BCUT2D eigenvalue weighted by Crippen LogP contribution is -2.45. The van der Waals surface area contributed by atoms with E-state index in [1.54, 1.807) is 45.0 Å². The Kier molecular flexibility index (Phi) is 2.76. The zero-order chi connectivity index (χ0) is 15.4. The van der Waals surface area contributed by atoms with E-state index >= 15 is 0 Å². The number of carbonyl (C=O) groups is 3. The summed E-state index contributed by atoms with van der Waals surface area (Å²) >= 11 is 0. The fourth-order valence-corrected chi connectivity index (χ4v) is 2.91. The minimum absolute atomic E-state index is 0.0276. The molecule has 0 aromatic heterocycles. The van der Waals surface area contributed by atoms with Gasteiger partial charge in [0.1, 0.15) is 11.1 Å². The van der Waals surface area contributed by atoms with Gasteiger partial charge in [-0.1, -0.05) is 18.2 Å². The first-order valence-corrected chi connectivity index (χ1v) is 6.81. The second-order valence-corrected chi connectivity index (χ2v) is 5.52. The molecule has 0 N–H and O–H groups in total. The Balaban J connectivity index is 2.28. The number of amides is 1. The molecule has 0 bridgehead atoms. The van der Waals surface area contributed by atoms with Crippen molar-refractivity contribution in [1.29, 1.82) is 0 Å². The van der Waals surface area contributed by atoms with E-state index in [0.717, 1.165) is 0 Å². The van der Waals surface area contributed by atoms with Gasteiger partial charge in [0, 0.05) is 11.1 Å². The van der Waals surface area contributed by atoms with Crippen LogP contribution in [0.4, 0.5) is 0 Å². The minimum Gasteiger partial charge on any atom is -0.462 e. The molecule has 5 nitrogen and oxygen atoms in total. The summed E-state index contributed by atoms with van der Waals surface area (Å²) in [7, 11) is 0. The SMILES string of the molecule is CCOC(=O)C1=C2c3ccccc3C(=O)N2C(C)(C)C1=O. The highest BCUT2D eigenvalue weighted by Crippen LogP contribution is 2.46. The van der Waals surface area contributed by atoms with E-state index in [1.165, 1.54) is 4.90 Å². The Hall–Kier alpha value is -2.43. The summed E-state index contributed by atoms with van der Waals surface area (Å²) in [6, 6.07) is 6.99. The highest BCUT2D eigenvalue weighted by Gasteiger charge is 2.55. The number of hydrogen-bond donors (Lipinski definition) is 0. The highest BCUT2D eigenvalue weighted by atomic mass is 16.5. The van der Waals surface area contributed by atoms with Crippen molar-refractivity contribution < 1.29 is 19.1 Å². The lowest BCUT2D eigenvalue weighted by atomic mass is 9.94. The molecule has 0 saturated carbocycles. The van der Waals surface area contributed by atoms with Crippen molar-refractivity contribution in [3.05, 3.63) is 41.0 Å². The van der Waals surface area contributed by atoms with Crippen molar-refractivity contribution in [2.75, 3.05) is 6.61 Å². The summed E-state index contributed by atoms with van der Waals surface area (Å²) in [5.41, 5.74) is 0.400. The van der Waals surface area contributed by atoms with Crippen molar-refractivity contribution >= 4 is 23.4 Å². The Morgan fingerprint density at radius 3 is 2.43 bits per heavy atom. The van der Waals surface area contributed by atoms with Gasteiger partial charge in [-0.3, -0.25) is 14.5 Å². The maximum atomic E-state index is 12.6. The maximum Gasteiger partial charge on any atom is 0.344 e. The van der Waals surface area contributed by atoms with Crippen LogP contribution in [0.5, 0.6) is 0 Å². The fourth-order valence-electron chi connectivity index (χ4n) is 2.91. The van der Waals surface area contributed by atoms with E-state index in [-0.39, 0.29) is 23.9 Å². The third kappa shape index (κ3) is 1.60. The van der Waals surface area contributed by atoms with E-state index in [1.807, 2.05) is 0 Å². The summed E-state index contributed by atoms with van der Waals surface area (Å²) in [5, 5.41) is 0. The van der Waals surface area contributed by atoms with Crippen LogP contribution in [-0.4, -0.2) is 34.7 Å². The van der Waals surface area contributed by atoms with Gasteiger partial charge >= 0.3 is 5.97 Å². The van der Waals surface area contributed by atoms with Crippen LogP contribution >= 0.6 is 0 Å². The predicted octanol–water partition coefficient (Wildman–Crippen LogP) is 1.78. The number of fused-ring (bicyclic) bond motifs is 3. The van der Waals surface area contributed by atoms with E-state index in [9.17, 15) is 14.4 Å². The smallest absolute Gasteiger partial charge is 0.344 e. The van der Waals surface area contributed by atoms with Crippen molar-refractivity contribution in [3.63, 3.8) is 0 Å². The maximum absolute atomic E-state index is 12.6. The summed E-state index contributed by atoms with van der Waals surface area (Å²) in [5.74, 6) is -1.30. The van der Waals surface area contributed by atoms with Gasteiger partial charge in [0.05, 0.1) is 12.3 Å². The zero-order valence-electron chi connectivity index (χ0n) is 12.1. The normalized spacial score (nSPS) is 18.9. The predicted molar refractivity (Wildman–Crippen MR) is 75.3 cm³/mol. The topological polar surface area (TPSA) is 63.7 Å². The molecule has 1 amide bonds.